The lowest BCUT2D eigenvalue weighted by molar-refractivity contribution is 0.509. The van der Waals surface area contributed by atoms with Gasteiger partial charge in [-0.2, -0.15) is 0 Å². The maximum absolute atomic E-state index is 13.1. The number of anilines is 1. The second kappa shape index (κ2) is 4.68. The highest BCUT2D eigenvalue weighted by Gasteiger charge is 2.05. The highest BCUT2D eigenvalue weighted by Crippen LogP contribution is 2.18. The summed E-state index contributed by atoms with van der Waals surface area (Å²) in [6.45, 7) is 0.511. The largest absolute Gasteiger partial charge is 0.381 e. The van der Waals surface area contributed by atoms with Crippen molar-refractivity contribution in [3.63, 3.8) is 0 Å². The van der Waals surface area contributed by atoms with E-state index in [2.05, 4.69) is 15.3 Å². The summed E-state index contributed by atoms with van der Waals surface area (Å²) in [5.74, 6) is -1.70. The Bertz CT molecular complexity index is 722. The molecular formula is C14H11F2N3. The van der Waals surface area contributed by atoms with E-state index in [0.717, 1.165) is 28.7 Å². The van der Waals surface area contributed by atoms with E-state index >= 15 is 0 Å². The Labute approximate surface area is 108 Å². The molecule has 0 aliphatic rings. The maximum atomic E-state index is 13.1. The predicted octanol–water partition coefficient (Wildman–Crippen LogP) is 3.45. The Kier molecular flexibility index (Phi) is 2.87. The third-order valence-electron chi connectivity index (χ3n) is 2.94. The van der Waals surface area contributed by atoms with Gasteiger partial charge in [0.15, 0.2) is 11.6 Å². The fourth-order valence-electron chi connectivity index (χ4n) is 1.96. The minimum absolute atomic E-state index is 0.511. The first-order chi connectivity index (χ1) is 9.24. The molecule has 0 radical (unpaired) electrons. The van der Waals surface area contributed by atoms with Crippen LogP contribution in [-0.4, -0.2) is 9.97 Å². The molecule has 5 heteroatoms. The summed E-state index contributed by atoms with van der Waals surface area (Å²) >= 11 is 0. The molecule has 1 aromatic carbocycles. The van der Waals surface area contributed by atoms with Gasteiger partial charge in [-0.25, -0.2) is 13.8 Å². The molecule has 2 aromatic heterocycles. The van der Waals surface area contributed by atoms with Crippen molar-refractivity contribution in [1.82, 2.24) is 9.97 Å². The molecular weight excluding hydrogens is 248 g/mol. The van der Waals surface area contributed by atoms with Crippen LogP contribution in [-0.2, 0) is 6.54 Å². The van der Waals surface area contributed by atoms with E-state index in [1.165, 1.54) is 6.07 Å². The Balaban J connectivity index is 1.80. The number of benzene rings is 1. The number of nitrogens with one attached hydrogen (secondary N) is 2. The van der Waals surface area contributed by atoms with Gasteiger partial charge in [0.05, 0.1) is 0 Å². The summed E-state index contributed by atoms with van der Waals surface area (Å²) in [5, 5.41) is 4.06. The van der Waals surface area contributed by atoms with Crippen molar-refractivity contribution >= 4 is 16.7 Å². The smallest absolute Gasteiger partial charge is 0.160 e. The van der Waals surface area contributed by atoms with Crippen LogP contribution in [0.5, 0.6) is 0 Å². The van der Waals surface area contributed by atoms with Gasteiger partial charge in [0.25, 0.3) is 0 Å². The molecule has 2 N–H and O–H groups in total. The minimum Gasteiger partial charge on any atom is -0.381 e. The van der Waals surface area contributed by atoms with Crippen molar-refractivity contribution in [3.8, 4) is 0 Å². The van der Waals surface area contributed by atoms with Crippen molar-refractivity contribution in [2.45, 2.75) is 6.54 Å². The van der Waals surface area contributed by atoms with E-state index < -0.39 is 11.6 Å². The lowest BCUT2D eigenvalue weighted by Crippen LogP contribution is -1.99. The molecule has 0 bridgehead atoms. The van der Waals surface area contributed by atoms with Crippen molar-refractivity contribution in [2.75, 3.05) is 5.32 Å². The van der Waals surface area contributed by atoms with Crippen LogP contribution in [0.25, 0.3) is 11.0 Å². The van der Waals surface area contributed by atoms with Gasteiger partial charge in [0.1, 0.15) is 5.65 Å². The van der Waals surface area contributed by atoms with Crippen molar-refractivity contribution in [3.05, 3.63) is 59.9 Å². The highest BCUT2D eigenvalue weighted by molar-refractivity contribution is 5.79. The molecule has 0 spiro atoms. The standard InChI is InChI=1S/C14H11F2N3/c15-12-4-3-10(6-13(12)16)18-7-9-8-19-14-11(9)2-1-5-17-14/h1-6,8,18H,7H2,(H,17,19). The Morgan fingerprint density at radius 3 is 2.89 bits per heavy atom. The predicted molar refractivity (Wildman–Crippen MR) is 69.8 cm³/mol. The van der Waals surface area contributed by atoms with Crippen LogP contribution < -0.4 is 5.32 Å². The first-order valence-corrected chi connectivity index (χ1v) is 5.84. The fraction of sp³-hybridized carbons (Fsp3) is 0.0714. The van der Waals surface area contributed by atoms with Crippen LogP contribution in [0.2, 0.25) is 0 Å². The Hall–Kier alpha value is -2.43. The van der Waals surface area contributed by atoms with Crippen LogP contribution in [0, 0.1) is 11.6 Å². The summed E-state index contributed by atoms with van der Waals surface area (Å²) in [5.41, 5.74) is 2.37. The average Bonchev–Trinajstić information content (AvgIpc) is 2.83. The number of hydrogen-bond donors (Lipinski definition) is 2. The normalized spacial score (nSPS) is 10.8. The van der Waals surface area contributed by atoms with Gasteiger partial charge < -0.3 is 10.3 Å². The second-order valence-electron chi connectivity index (χ2n) is 4.20. The molecule has 0 aliphatic heterocycles. The third kappa shape index (κ3) is 2.27. The zero-order valence-corrected chi connectivity index (χ0v) is 9.95. The molecule has 3 nitrogen and oxygen atoms in total. The van der Waals surface area contributed by atoms with Crippen LogP contribution >= 0.6 is 0 Å². The lowest BCUT2D eigenvalue weighted by atomic mass is 10.2. The van der Waals surface area contributed by atoms with Gasteiger partial charge in [-0.05, 0) is 29.8 Å². The van der Waals surface area contributed by atoms with Gasteiger partial charge in [0.2, 0.25) is 0 Å². The Morgan fingerprint density at radius 2 is 2.05 bits per heavy atom. The number of H-pyrrole nitrogens is 1. The van der Waals surface area contributed by atoms with Crippen LogP contribution in [0.3, 0.4) is 0 Å². The van der Waals surface area contributed by atoms with Crippen molar-refractivity contribution < 1.29 is 8.78 Å². The number of pyridine rings is 1. The van der Waals surface area contributed by atoms with E-state index in [1.54, 1.807) is 6.20 Å². The number of hydrogen-bond acceptors (Lipinski definition) is 2. The molecule has 19 heavy (non-hydrogen) atoms. The number of nitrogens with zero attached hydrogens (tertiary/aromatic N) is 1. The van der Waals surface area contributed by atoms with Crippen LogP contribution in [0.15, 0.2) is 42.7 Å². The quantitative estimate of drug-likeness (QED) is 0.756. The SMILES string of the molecule is Fc1ccc(NCc2c[nH]c3ncccc23)cc1F. The van der Waals surface area contributed by atoms with Crippen LogP contribution in [0.1, 0.15) is 5.56 Å². The molecule has 0 aliphatic carbocycles. The molecule has 0 unspecified atom stereocenters. The average molecular weight is 259 g/mol. The monoisotopic (exact) mass is 259 g/mol. The number of aromatic amines is 1. The molecule has 0 fully saturated rings. The van der Waals surface area contributed by atoms with Crippen molar-refractivity contribution in [2.24, 2.45) is 0 Å². The van der Waals surface area contributed by atoms with Gasteiger partial charge >= 0.3 is 0 Å². The van der Waals surface area contributed by atoms with E-state index in [9.17, 15) is 8.78 Å². The third-order valence-corrected chi connectivity index (χ3v) is 2.94. The summed E-state index contributed by atoms with van der Waals surface area (Å²) < 4.78 is 25.9. The summed E-state index contributed by atoms with van der Waals surface area (Å²) in [6.07, 6.45) is 3.57. The minimum atomic E-state index is -0.856. The van der Waals surface area contributed by atoms with E-state index in [-0.39, 0.29) is 0 Å². The van der Waals surface area contributed by atoms with Crippen molar-refractivity contribution in [1.29, 1.82) is 0 Å². The zero-order chi connectivity index (χ0) is 13.2. The van der Waals surface area contributed by atoms with E-state index in [4.69, 9.17) is 0 Å². The summed E-state index contributed by atoms with van der Waals surface area (Å²) in [6, 6.07) is 7.57. The summed E-state index contributed by atoms with van der Waals surface area (Å²) in [4.78, 5) is 7.25. The number of aromatic nitrogens is 2. The zero-order valence-electron chi connectivity index (χ0n) is 9.95. The highest BCUT2D eigenvalue weighted by atomic mass is 19.2. The number of rotatable bonds is 3. The molecule has 0 amide bonds. The number of fused-ring (bicyclic) bond motifs is 1. The molecule has 3 aromatic rings. The van der Waals surface area contributed by atoms with Gasteiger partial charge in [-0.15, -0.1) is 0 Å². The molecule has 3 rings (SSSR count). The molecule has 0 saturated heterocycles. The lowest BCUT2D eigenvalue weighted by Gasteiger charge is -2.05. The molecule has 2 heterocycles. The van der Waals surface area contributed by atoms with Crippen LogP contribution in [0.4, 0.5) is 14.5 Å². The second-order valence-corrected chi connectivity index (χ2v) is 4.20. The first kappa shape index (κ1) is 11.6. The molecule has 96 valence electrons. The summed E-state index contributed by atoms with van der Waals surface area (Å²) in [7, 11) is 0. The van der Waals surface area contributed by atoms with Gasteiger partial charge in [-0.3, -0.25) is 0 Å². The van der Waals surface area contributed by atoms with Gasteiger partial charge in [-0.1, -0.05) is 0 Å². The first-order valence-electron chi connectivity index (χ1n) is 5.84. The topological polar surface area (TPSA) is 40.7 Å². The van der Waals surface area contributed by atoms with Gasteiger partial charge in [0, 0.05) is 36.1 Å². The van der Waals surface area contributed by atoms with E-state index in [0.29, 0.717) is 12.2 Å². The van der Waals surface area contributed by atoms with E-state index in [1.807, 2.05) is 18.3 Å². The number of halogens is 2. The molecule has 0 saturated carbocycles. The fourth-order valence-corrected chi connectivity index (χ4v) is 1.96. The maximum Gasteiger partial charge on any atom is 0.160 e. The molecule has 0 atom stereocenters. The Morgan fingerprint density at radius 1 is 1.16 bits per heavy atom.